The molecule has 2 rings (SSSR count). The summed E-state index contributed by atoms with van der Waals surface area (Å²) in [4.78, 5) is 4.61. The van der Waals surface area contributed by atoms with E-state index in [9.17, 15) is 0 Å². The molecule has 0 spiro atoms. The van der Waals surface area contributed by atoms with Crippen molar-refractivity contribution in [2.75, 3.05) is 0 Å². The monoisotopic (exact) mass is 267 g/mol. The Morgan fingerprint density at radius 2 is 1.61 bits per heavy atom. The molecule has 0 amide bonds. The van der Waals surface area contributed by atoms with Gasteiger partial charge in [0.1, 0.15) is 0 Å². The summed E-state index contributed by atoms with van der Waals surface area (Å²) in [6.07, 6.45) is 0. The van der Waals surface area contributed by atoms with Crippen LogP contribution in [0.1, 0.15) is 58.2 Å². The maximum Gasteiger partial charge on any atom is 0.507 e. The first-order valence-electron chi connectivity index (χ1n) is 6.47. The zero-order chi connectivity index (χ0) is 13.7. The van der Waals surface area contributed by atoms with E-state index in [1.54, 1.807) is 11.3 Å². The van der Waals surface area contributed by atoms with E-state index in [4.69, 9.17) is 9.31 Å². The van der Waals surface area contributed by atoms with Gasteiger partial charge in [0.15, 0.2) is 0 Å². The summed E-state index contributed by atoms with van der Waals surface area (Å²) in [5, 5.41) is 1.07. The second kappa shape index (κ2) is 4.32. The number of hydrogen-bond donors (Lipinski definition) is 0. The third-order valence-corrected chi connectivity index (χ3v) is 4.81. The zero-order valence-corrected chi connectivity index (χ0v) is 13.1. The van der Waals surface area contributed by atoms with Crippen molar-refractivity contribution < 1.29 is 9.31 Å². The Morgan fingerprint density at radius 1 is 1.11 bits per heavy atom. The number of nitrogens with zero attached hydrogens (tertiary/aromatic N) is 1. The molecule has 18 heavy (non-hydrogen) atoms. The molecule has 100 valence electrons. The van der Waals surface area contributed by atoms with Crippen LogP contribution in [0.5, 0.6) is 0 Å². The predicted molar refractivity (Wildman–Crippen MR) is 76.7 cm³/mol. The van der Waals surface area contributed by atoms with Gasteiger partial charge in [-0.2, -0.15) is 0 Å². The first-order valence-corrected chi connectivity index (χ1v) is 7.28. The molecule has 1 aromatic heterocycles. The minimum absolute atomic E-state index is 0.279. The molecule has 1 aliphatic rings. The van der Waals surface area contributed by atoms with Crippen molar-refractivity contribution in [3.05, 3.63) is 10.7 Å². The molecule has 0 bridgehead atoms. The molecule has 0 unspecified atom stereocenters. The molecule has 1 saturated heterocycles. The van der Waals surface area contributed by atoms with Gasteiger partial charge in [-0.15, -0.1) is 11.3 Å². The summed E-state index contributed by atoms with van der Waals surface area (Å²) in [7, 11) is -0.279. The number of aromatic nitrogens is 1. The van der Waals surface area contributed by atoms with Crippen molar-refractivity contribution >= 4 is 23.2 Å². The molecule has 1 aromatic rings. The van der Waals surface area contributed by atoms with Crippen LogP contribution >= 0.6 is 11.3 Å². The fraction of sp³-hybridized carbons (Fsp3) is 0.769. The fourth-order valence-corrected chi connectivity index (χ4v) is 3.03. The normalized spacial score (nSPS) is 21.9. The van der Waals surface area contributed by atoms with Gasteiger partial charge in [0.25, 0.3) is 0 Å². The summed E-state index contributed by atoms with van der Waals surface area (Å²) >= 11 is 1.68. The molecule has 0 N–H and O–H groups in total. The van der Waals surface area contributed by atoms with E-state index in [1.165, 1.54) is 0 Å². The fourth-order valence-electron chi connectivity index (χ4n) is 1.99. The molecule has 0 atom stereocenters. The van der Waals surface area contributed by atoms with Crippen molar-refractivity contribution in [3.8, 4) is 0 Å². The highest BCUT2D eigenvalue weighted by molar-refractivity contribution is 7.22. The second-order valence-electron chi connectivity index (χ2n) is 6.23. The van der Waals surface area contributed by atoms with Crippen LogP contribution in [0.2, 0.25) is 0 Å². The van der Waals surface area contributed by atoms with Crippen LogP contribution in [0.15, 0.2) is 0 Å². The van der Waals surface area contributed by atoms with Gasteiger partial charge in [0, 0.05) is 0 Å². The number of thiazole rings is 1. The van der Waals surface area contributed by atoms with Gasteiger partial charge >= 0.3 is 7.12 Å². The summed E-state index contributed by atoms with van der Waals surface area (Å²) < 4.78 is 13.3. The Kier molecular flexibility index (Phi) is 3.37. The standard InChI is InChI=1S/C13H22BNO2S/c1-8(2)10-11(18-9(3)15-10)14-16-12(4,5)13(6,7)17-14/h8H,1-7H3. The third-order valence-electron chi connectivity index (χ3n) is 3.80. The Bertz CT molecular complexity index is 438. The molecule has 3 nitrogen and oxygen atoms in total. The van der Waals surface area contributed by atoms with Gasteiger partial charge in [-0.3, -0.25) is 0 Å². The van der Waals surface area contributed by atoms with Gasteiger partial charge in [-0.05, 0) is 40.5 Å². The minimum atomic E-state index is -0.288. The maximum atomic E-state index is 6.10. The minimum Gasteiger partial charge on any atom is -0.399 e. The molecular formula is C13H22BNO2S. The van der Waals surface area contributed by atoms with Crippen LogP contribution in [0.4, 0.5) is 0 Å². The highest BCUT2D eigenvalue weighted by Crippen LogP contribution is 2.37. The molecular weight excluding hydrogens is 245 g/mol. The van der Waals surface area contributed by atoms with E-state index < -0.39 is 0 Å². The van der Waals surface area contributed by atoms with Gasteiger partial charge in [0.05, 0.1) is 26.7 Å². The van der Waals surface area contributed by atoms with Gasteiger partial charge in [-0.25, -0.2) is 4.98 Å². The lowest BCUT2D eigenvalue weighted by Gasteiger charge is -2.32. The van der Waals surface area contributed by atoms with E-state index in [0.29, 0.717) is 5.92 Å². The Labute approximate surface area is 114 Å². The summed E-state index contributed by atoms with van der Waals surface area (Å²) in [6, 6.07) is 0. The first kappa shape index (κ1) is 14.0. The van der Waals surface area contributed by atoms with Crippen LogP contribution in [0.3, 0.4) is 0 Å². The molecule has 0 saturated carbocycles. The summed E-state index contributed by atoms with van der Waals surface area (Å²) in [6.45, 7) is 14.7. The van der Waals surface area contributed by atoms with E-state index in [0.717, 1.165) is 15.5 Å². The predicted octanol–water partition coefficient (Wildman–Crippen LogP) is 2.87. The van der Waals surface area contributed by atoms with E-state index in [1.807, 2.05) is 6.92 Å². The Balaban J connectivity index is 2.35. The Morgan fingerprint density at radius 3 is 2.06 bits per heavy atom. The van der Waals surface area contributed by atoms with Crippen LogP contribution in [0.25, 0.3) is 0 Å². The molecule has 0 aromatic carbocycles. The number of aryl methyl sites for hydroxylation is 1. The highest BCUT2D eigenvalue weighted by atomic mass is 32.1. The van der Waals surface area contributed by atoms with Crippen molar-refractivity contribution in [3.63, 3.8) is 0 Å². The van der Waals surface area contributed by atoms with Crippen LogP contribution in [-0.2, 0) is 9.31 Å². The first-order chi connectivity index (χ1) is 8.14. The van der Waals surface area contributed by atoms with E-state index in [2.05, 4.69) is 46.5 Å². The molecule has 0 radical (unpaired) electrons. The summed E-state index contributed by atoms with van der Waals surface area (Å²) in [5.74, 6) is 0.393. The van der Waals surface area contributed by atoms with Gasteiger partial charge in [0.2, 0.25) is 0 Å². The van der Waals surface area contributed by atoms with Crippen LogP contribution < -0.4 is 4.78 Å². The lowest BCUT2D eigenvalue weighted by atomic mass is 9.84. The number of hydrogen-bond acceptors (Lipinski definition) is 4. The smallest absolute Gasteiger partial charge is 0.399 e. The van der Waals surface area contributed by atoms with Gasteiger partial charge < -0.3 is 9.31 Å². The molecule has 0 aliphatic carbocycles. The number of rotatable bonds is 2. The van der Waals surface area contributed by atoms with E-state index >= 15 is 0 Å². The van der Waals surface area contributed by atoms with Crippen molar-refractivity contribution in [1.82, 2.24) is 4.98 Å². The maximum absolute atomic E-state index is 6.10. The van der Waals surface area contributed by atoms with Crippen molar-refractivity contribution in [1.29, 1.82) is 0 Å². The highest BCUT2D eigenvalue weighted by Gasteiger charge is 2.53. The SMILES string of the molecule is Cc1nc(C(C)C)c(B2OC(C)(C)C(C)(C)O2)s1. The average Bonchev–Trinajstić information content (AvgIpc) is 2.66. The van der Waals surface area contributed by atoms with Crippen molar-refractivity contribution in [2.24, 2.45) is 0 Å². The third kappa shape index (κ3) is 2.24. The lowest BCUT2D eigenvalue weighted by Crippen LogP contribution is -2.41. The summed E-state index contributed by atoms with van der Waals surface area (Å²) in [5.41, 5.74) is 0.532. The topological polar surface area (TPSA) is 31.4 Å². The van der Waals surface area contributed by atoms with Crippen LogP contribution in [0, 0.1) is 6.92 Å². The second-order valence-corrected chi connectivity index (χ2v) is 7.46. The lowest BCUT2D eigenvalue weighted by molar-refractivity contribution is 0.00578. The van der Waals surface area contributed by atoms with Gasteiger partial charge in [-0.1, -0.05) is 13.8 Å². The van der Waals surface area contributed by atoms with Crippen molar-refractivity contribution in [2.45, 2.75) is 65.6 Å². The largest absolute Gasteiger partial charge is 0.507 e. The zero-order valence-electron chi connectivity index (χ0n) is 12.3. The van der Waals surface area contributed by atoms with E-state index in [-0.39, 0.29) is 18.3 Å². The van der Waals surface area contributed by atoms with Crippen LogP contribution in [-0.4, -0.2) is 23.3 Å². The Hall–Kier alpha value is -0.385. The quantitative estimate of drug-likeness (QED) is 0.772. The molecule has 1 fully saturated rings. The molecule has 2 heterocycles. The molecule has 1 aliphatic heterocycles. The molecule has 5 heteroatoms. The average molecular weight is 267 g/mol.